The van der Waals surface area contributed by atoms with E-state index < -0.39 is 0 Å². The summed E-state index contributed by atoms with van der Waals surface area (Å²) in [4.78, 5) is 30.9. The molecule has 4 nitrogen and oxygen atoms in total. The molecular weight excluding hydrogens is 468 g/mol. The highest BCUT2D eigenvalue weighted by molar-refractivity contribution is 6.07. The third-order valence-electron chi connectivity index (χ3n) is 6.82. The fourth-order valence-electron chi connectivity index (χ4n) is 5.04. The van der Waals surface area contributed by atoms with Crippen molar-refractivity contribution < 1.29 is 9.59 Å². The molecule has 0 bridgehead atoms. The minimum Gasteiger partial charge on any atom is -0.306 e. The second-order valence-corrected chi connectivity index (χ2v) is 9.40. The molecule has 0 saturated heterocycles. The Morgan fingerprint density at radius 3 is 1.87 bits per heavy atom. The number of nitrogens with zero attached hydrogens (tertiary/aromatic N) is 2. The SMILES string of the molecule is C[C@@H]1C[C@H](N(C(=O)/C=C/c2ccccc2)c2ccccc2)c2ccccc2N1C(=O)/C=C\c1ccccc1. The summed E-state index contributed by atoms with van der Waals surface area (Å²) in [5.41, 5.74) is 4.55. The van der Waals surface area contributed by atoms with Crippen molar-refractivity contribution in [3.8, 4) is 0 Å². The number of carbonyl (C=O) groups is 2. The molecule has 0 aliphatic carbocycles. The smallest absolute Gasteiger partial charge is 0.251 e. The van der Waals surface area contributed by atoms with Crippen molar-refractivity contribution >= 4 is 35.3 Å². The molecule has 38 heavy (non-hydrogen) atoms. The largest absolute Gasteiger partial charge is 0.306 e. The maximum Gasteiger partial charge on any atom is 0.251 e. The highest BCUT2D eigenvalue weighted by Crippen LogP contribution is 2.42. The lowest BCUT2D eigenvalue weighted by molar-refractivity contribution is -0.114. The van der Waals surface area contributed by atoms with Gasteiger partial charge in [-0.1, -0.05) is 97.1 Å². The van der Waals surface area contributed by atoms with Gasteiger partial charge in [-0.25, -0.2) is 0 Å². The Hall–Kier alpha value is -4.70. The van der Waals surface area contributed by atoms with E-state index in [4.69, 9.17) is 0 Å². The van der Waals surface area contributed by atoms with E-state index in [0.717, 1.165) is 28.1 Å². The molecule has 0 unspecified atom stereocenters. The van der Waals surface area contributed by atoms with Gasteiger partial charge in [-0.15, -0.1) is 0 Å². The fourth-order valence-corrected chi connectivity index (χ4v) is 5.04. The van der Waals surface area contributed by atoms with Gasteiger partial charge < -0.3 is 9.80 Å². The van der Waals surface area contributed by atoms with Gasteiger partial charge in [-0.2, -0.15) is 0 Å². The molecule has 1 aliphatic heterocycles. The van der Waals surface area contributed by atoms with E-state index in [9.17, 15) is 9.59 Å². The number of fused-ring (bicyclic) bond motifs is 1. The molecule has 0 radical (unpaired) electrons. The van der Waals surface area contributed by atoms with Crippen LogP contribution in [0.4, 0.5) is 11.4 Å². The van der Waals surface area contributed by atoms with Crippen LogP contribution in [0, 0.1) is 0 Å². The Balaban J connectivity index is 1.50. The molecule has 0 N–H and O–H groups in total. The third-order valence-corrected chi connectivity index (χ3v) is 6.82. The summed E-state index contributed by atoms with van der Waals surface area (Å²) in [6.45, 7) is 2.05. The molecule has 1 aliphatic rings. The fraction of sp³-hybridized carbons (Fsp3) is 0.118. The molecule has 0 saturated carbocycles. The quantitative estimate of drug-likeness (QED) is 0.262. The molecule has 4 aromatic rings. The molecule has 0 aromatic heterocycles. The summed E-state index contributed by atoms with van der Waals surface area (Å²) in [6, 6.07) is 36.9. The van der Waals surface area contributed by atoms with E-state index in [1.165, 1.54) is 0 Å². The molecule has 1 heterocycles. The molecule has 2 amide bonds. The number of rotatable bonds is 6. The zero-order valence-electron chi connectivity index (χ0n) is 21.4. The van der Waals surface area contributed by atoms with Crippen molar-refractivity contribution in [1.29, 1.82) is 0 Å². The summed E-state index contributed by atoms with van der Waals surface area (Å²) in [5, 5.41) is 0. The van der Waals surface area contributed by atoms with E-state index in [1.54, 1.807) is 12.2 Å². The second kappa shape index (κ2) is 11.6. The monoisotopic (exact) mass is 498 g/mol. The van der Waals surface area contributed by atoms with E-state index in [1.807, 2.05) is 144 Å². The van der Waals surface area contributed by atoms with Crippen LogP contribution in [0.5, 0.6) is 0 Å². The van der Waals surface area contributed by atoms with Crippen LogP contribution in [-0.4, -0.2) is 17.9 Å². The van der Waals surface area contributed by atoms with Crippen LogP contribution >= 0.6 is 0 Å². The minimum absolute atomic E-state index is 0.0752. The molecule has 4 aromatic carbocycles. The lowest BCUT2D eigenvalue weighted by Crippen LogP contribution is -2.47. The van der Waals surface area contributed by atoms with Gasteiger partial charge in [0, 0.05) is 29.6 Å². The van der Waals surface area contributed by atoms with Gasteiger partial charge in [-0.3, -0.25) is 9.59 Å². The third kappa shape index (κ3) is 5.50. The number of hydrogen-bond donors (Lipinski definition) is 0. The van der Waals surface area contributed by atoms with Gasteiger partial charge >= 0.3 is 0 Å². The molecule has 0 spiro atoms. The first-order valence-corrected chi connectivity index (χ1v) is 12.9. The Morgan fingerprint density at radius 1 is 0.711 bits per heavy atom. The highest BCUT2D eigenvalue weighted by atomic mass is 16.2. The van der Waals surface area contributed by atoms with Crippen molar-refractivity contribution in [3.05, 3.63) is 144 Å². The van der Waals surface area contributed by atoms with E-state index in [0.29, 0.717) is 6.42 Å². The Morgan fingerprint density at radius 2 is 1.24 bits per heavy atom. The molecule has 4 heteroatoms. The average Bonchev–Trinajstić information content (AvgIpc) is 2.96. The van der Waals surface area contributed by atoms with E-state index in [-0.39, 0.29) is 23.9 Å². The summed E-state index contributed by atoms with van der Waals surface area (Å²) >= 11 is 0. The van der Waals surface area contributed by atoms with Gasteiger partial charge in [0.25, 0.3) is 11.8 Å². The lowest BCUT2D eigenvalue weighted by Gasteiger charge is -2.43. The first-order valence-electron chi connectivity index (χ1n) is 12.9. The molecule has 5 rings (SSSR count). The summed E-state index contributed by atoms with van der Waals surface area (Å²) < 4.78 is 0. The van der Waals surface area contributed by atoms with Gasteiger partial charge in [0.2, 0.25) is 0 Å². The summed E-state index contributed by atoms with van der Waals surface area (Å²) in [6.07, 6.45) is 7.57. The van der Waals surface area contributed by atoms with Gasteiger partial charge in [-0.05, 0) is 60.4 Å². The van der Waals surface area contributed by atoms with Crippen LogP contribution in [0.2, 0.25) is 0 Å². The first-order chi connectivity index (χ1) is 18.6. The van der Waals surface area contributed by atoms with Crippen molar-refractivity contribution in [2.24, 2.45) is 0 Å². The van der Waals surface area contributed by atoms with Crippen LogP contribution in [0.3, 0.4) is 0 Å². The number of benzene rings is 4. The number of hydrogen-bond acceptors (Lipinski definition) is 2. The highest BCUT2D eigenvalue weighted by Gasteiger charge is 2.37. The number of anilines is 2. The predicted octanol–water partition coefficient (Wildman–Crippen LogP) is 7.31. The second-order valence-electron chi connectivity index (χ2n) is 9.40. The van der Waals surface area contributed by atoms with Crippen molar-refractivity contribution in [2.45, 2.75) is 25.4 Å². The molecule has 0 fully saturated rings. The van der Waals surface area contributed by atoms with E-state index in [2.05, 4.69) is 0 Å². The first kappa shape index (κ1) is 25.0. The maximum absolute atomic E-state index is 13.8. The lowest BCUT2D eigenvalue weighted by atomic mass is 9.89. The van der Waals surface area contributed by atoms with Gasteiger partial charge in [0.05, 0.1) is 6.04 Å². The van der Waals surface area contributed by atoms with Crippen molar-refractivity contribution in [2.75, 3.05) is 9.80 Å². The average molecular weight is 499 g/mol. The topological polar surface area (TPSA) is 40.6 Å². The molecular formula is C34H30N2O2. The Bertz CT molecular complexity index is 1450. The Labute approximate surface area is 224 Å². The number of para-hydroxylation sites is 2. The van der Waals surface area contributed by atoms with Crippen molar-refractivity contribution in [1.82, 2.24) is 0 Å². The normalized spacial score (nSPS) is 16.9. The van der Waals surface area contributed by atoms with Crippen LogP contribution in [0.1, 0.15) is 36.1 Å². The van der Waals surface area contributed by atoms with E-state index >= 15 is 0 Å². The number of amides is 2. The maximum atomic E-state index is 13.8. The van der Waals surface area contributed by atoms with Crippen LogP contribution < -0.4 is 9.80 Å². The zero-order chi connectivity index (χ0) is 26.3. The standard InChI is InChI=1S/C34H30N2O2/c1-26-25-32(36(29-17-9-4-10-18-29)34(38)24-22-28-15-7-3-8-16-28)30-19-11-12-20-31(30)35(26)33(37)23-21-27-13-5-2-6-14-27/h2-24,26,32H,25H2,1H3/b23-21-,24-22+/t26-,32+/m1/s1. The summed E-state index contributed by atoms with van der Waals surface area (Å²) in [7, 11) is 0. The minimum atomic E-state index is -0.223. The predicted molar refractivity (Wildman–Crippen MR) is 156 cm³/mol. The summed E-state index contributed by atoms with van der Waals surface area (Å²) in [5.74, 6) is -0.176. The molecule has 2 atom stereocenters. The Kier molecular flexibility index (Phi) is 7.60. The van der Waals surface area contributed by atoms with Crippen molar-refractivity contribution in [3.63, 3.8) is 0 Å². The van der Waals surface area contributed by atoms with Crippen LogP contribution in [0.25, 0.3) is 12.2 Å². The van der Waals surface area contributed by atoms with Gasteiger partial charge in [0.15, 0.2) is 0 Å². The molecule has 188 valence electrons. The number of carbonyl (C=O) groups excluding carboxylic acids is 2. The van der Waals surface area contributed by atoms with Crippen LogP contribution in [0.15, 0.2) is 127 Å². The van der Waals surface area contributed by atoms with Crippen LogP contribution in [-0.2, 0) is 9.59 Å². The van der Waals surface area contributed by atoms with Gasteiger partial charge in [0.1, 0.15) is 0 Å². The zero-order valence-corrected chi connectivity index (χ0v) is 21.4.